The van der Waals surface area contributed by atoms with E-state index in [2.05, 4.69) is 12.1 Å². The standard InChI is InChI=1S/C27H28ClNO3/c1-27(2,3)32-25-13-11-24(12-14-25)31-18-23-16-19-7-4-5-8-21(19)17-29(23)26(30)20-9-6-10-22(28)15-20/h4-15,23H,16-18H2,1-3H3/t23-/m0/s1. The molecule has 0 aliphatic carbocycles. The normalized spacial score (nSPS) is 15.8. The minimum absolute atomic E-state index is 0.0375. The predicted molar refractivity (Wildman–Crippen MR) is 128 cm³/mol. The van der Waals surface area contributed by atoms with Crippen LogP contribution in [0.2, 0.25) is 5.02 Å². The van der Waals surface area contributed by atoms with Gasteiger partial charge < -0.3 is 14.4 Å². The minimum Gasteiger partial charge on any atom is -0.491 e. The van der Waals surface area contributed by atoms with Crippen molar-refractivity contribution in [2.75, 3.05) is 6.61 Å². The average Bonchev–Trinajstić information content (AvgIpc) is 2.76. The topological polar surface area (TPSA) is 38.8 Å². The van der Waals surface area contributed by atoms with Crippen LogP contribution in [-0.4, -0.2) is 29.1 Å². The van der Waals surface area contributed by atoms with E-state index in [1.165, 1.54) is 11.1 Å². The number of rotatable bonds is 5. The summed E-state index contributed by atoms with van der Waals surface area (Å²) in [6.07, 6.45) is 0.744. The zero-order chi connectivity index (χ0) is 22.7. The first-order chi connectivity index (χ1) is 15.3. The lowest BCUT2D eigenvalue weighted by Crippen LogP contribution is -2.47. The van der Waals surface area contributed by atoms with Gasteiger partial charge in [0.15, 0.2) is 0 Å². The molecule has 1 heterocycles. The van der Waals surface area contributed by atoms with E-state index in [9.17, 15) is 4.79 Å². The van der Waals surface area contributed by atoms with Crippen LogP contribution in [0.15, 0.2) is 72.8 Å². The molecule has 0 fully saturated rings. The molecular formula is C27H28ClNO3. The number of fused-ring (bicyclic) bond motifs is 1. The first-order valence-electron chi connectivity index (χ1n) is 10.8. The second-order valence-electron chi connectivity index (χ2n) is 9.07. The van der Waals surface area contributed by atoms with Gasteiger partial charge in [-0.1, -0.05) is 41.9 Å². The van der Waals surface area contributed by atoms with Gasteiger partial charge in [-0.05, 0) is 80.8 Å². The maximum absolute atomic E-state index is 13.4. The molecule has 1 amide bonds. The summed E-state index contributed by atoms with van der Waals surface area (Å²) in [5.74, 6) is 1.51. The Morgan fingerprint density at radius 3 is 2.34 bits per heavy atom. The Hall–Kier alpha value is -2.98. The van der Waals surface area contributed by atoms with Crippen LogP contribution in [0.1, 0.15) is 42.3 Å². The fourth-order valence-electron chi connectivity index (χ4n) is 3.91. The summed E-state index contributed by atoms with van der Waals surface area (Å²) < 4.78 is 12.0. The zero-order valence-corrected chi connectivity index (χ0v) is 19.4. The van der Waals surface area contributed by atoms with E-state index in [-0.39, 0.29) is 17.6 Å². The number of carbonyl (C=O) groups is 1. The third kappa shape index (κ3) is 5.43. The number of amides is 1. The Labute approximate surface area is 194 Å². The van der Waals surface area contributed by atoms with Crippen molar-refractivity contribution in [3.8, 4) is 11.5 Å². The van der Waals surface area contributed by atoms with Crippen LogP contribution in [0.5, 0.6) is 11.5 Å². The Bertz CT molecular complexity index is 1090. The van der Waals surface area contributed by atoms with Crippen molar-refractivity contribution in [1.82, 2.24) is 4.90 Å². The number of hydrogen-bond acceptors (Lipinski definition) is 3. The Balaban J connectivity index is 1.51. The molecule has 1 aliphatic heterocycles. The summed E-state index contributed by atoms with van der Waals surface area (Å²) in [6, 6.07) is 22.9. The molecule has 1 aliphatic rings. The molecule has 4 rings (SSSR count). The first kappa shape index (κ1) is 22.2. The van der Waals surface area contributed by atoms with Gasteiger partial charge in [-0.15, -0.1) is 0 Å². The molecule has 0 saturated heterocycles. The fraction of sp³-hybridized carbons (Fsp3) is 0.296. The van der Waals surface area contributed by atoms with Crippen molar-refractivity contribution in [3.05, 3.63) is 94.5 Å². The lowest BCUT2D eigenvalue weighted by Gasteiger charge is -2.37. The van der Waals surface area contributed by atoms with Gasteiger partial charge in [-0.2, -0.15) is 0 Å². The highest BCUT2D eigenvalue weighted by Crippen LogP contribution is 2.27. The average molecular weight is 450 g/mol. The second-order valence-corrected chi connectivity index (χ2v) is 9.50. The van der Waals surface area contributed by atoms with Gasteiger partial charge >= 0.3 is 0 Å². The molecule has 166 valence electrons. The quantitative estimate of drug-likeness (QED) is 0.468. The molecule has 0 unspecified atom stereocenters. The van der Waals surface area contributed by atoms with Crippen LogP contribution in [0.25, 0.3) is 0 Å². The summed E-state index contributed by atoms with van der Waals surface area (Å²) >= 11 is 6.13. The molecular weight excluding hydrogens is 422 g/mol. The second kappa shape index (κ2) is 9.25. The lowest BCUT2D eigenvalue weighted by molar-refractivity contribution is 0.0566. The van der Waals surface area contributed by atoms with E-state index >= 15 is 0 Å². The van der Waals surface area contributed by atoms with Gasteiger partial charge in [0, 0.05) is 17.1 Å². The predicted octanol–water partition coefficient (Wildman–Crippen LogP) is 6.16. The maximum atomic E-state index is 13.4. The fourth-order valence-corrected chi connectivity index (χ4v) is 4.10. The smallest absolute Gasteiger partial charge is 0.254 e. The lowest BCUT2D eigenvalue weighted by atomic mass is 9.93. The van der Waals surface area contributed by atoms with Crippen molar-refractivity contribution in [3.63, 3.8) is 0 Å². The summed E-state index contributed by atoms with van der Waals surface area (Å²) in [6.45, 7) is 7.01. The Kier molecular flexibility index (Phi) is 6.43. The molecule has 1 atom stereocenters. The largest absolute Gasteiger partial charge is 0.491 e. The van der Waals surface area contributed by atoms with Crippen molar-refractivity contribution in [2.45, 2.75) is 45.4 Å². The summed E-state index contributed by atoms with van der Waals surface area (Å²) in [7, 11) is 0. The minimum atomic E-state index is -0.251. The molecule has 0 aromatic heterocycles. The highest BCUT2D eigenvalue weighted by molar-refractivity contribution is 6.30. The molecule has 3 aromatic carbocycles. The first-order valence-corrected chi connectivity index (χ1v) is 11.2. The molecule has 32 heavy (non-hydrogen) atoms. The molecule has 0 bridgehead atoms. The van der Waals surface area contributed by atoms with Crippen molar-refractivity contribution >= 4 is 17.5 Å². The van der Waals surface area contributed by atoms with Crippen LogP contribution in [0.4, 0.5) is 0 Å². The maximum Gasteiger partial charge on any atom is 0.254 e. The highest BCUT2D eigenvalue weighted by Gasteiger charge is 2.31. The van der Waals surface area contributed by atoms with Crippen molar-refractivity contribution in [1.29, 1.82) is 0 Å². The van der Waals surface area contributed by atoms with E-state index in [0.717, 1.165) is 17.9 Å². The van der Waals surface area contributed by atoms with E-state index in [1.807, 2.05) is 62.1 Å². The molecule has 0 N–H and O–H groups in total. The molecule has 4 nitrogen and oxygen atoms in total. The third-order valence-electron chi connectivity index (χ3n) is 5.38. The van der Waals surface area contributed by atoms with Crippen LogP contribution < -0.4 is 9.47 Å². The highest BCUT2D eigenvalue weighted by atomic mass is 35.5. The van der Waals surface area contributed by atoms with E-state index in [1.54, 1.807) is 24.3 Å². The van der Waals surface area contributed by atoms with Crippen LogP contribution in [0.3, 0.4) is 0 Å². The SMILES string of the molecule is CC(C)(C)Oc1ccc(OC[C@@H]2Cc3ccccc3CN2C(=O)c2cccc(Cl)c2)cc1. The van der Waals surface area contributed by atoms with Crippen LogP contribution >= 0.6 is 11.6 Å². The molecule has 0 saturated carbocycles. The summed E-state index contributed by atoms with van der Waals surface area (Å²) in [5.41, 5.74) is 2.76. The monoisotopic (exact) mass is 449 g/mol. The number of hydrogen-bond donors (Lipinski definition) is 0. The van der Waals surface area contributed by atoms with Crippen molar-refractivity contribution < 1.29 is 14.3 Å². The van der Waals surface area contributed by atoms with Gasteiger partial charge in [0.2, 0.25) is 0 Å². The number of halogens is 1. The summed E-state index contributed by atoms with van der Waals surface area (Å²) in [5, 5.41) is 0.554. The van der Waals surface area contributed by atoms with Gasteiger partial charge in [0.05, 0.1) is 6.04 Å². The van der Waals surface area contributed by atoms with E-state index in [0.29, 0.717) is 23.7 Å². The molecule has 3 aromatic rings. The molecule has 0 spiro atoms. The van der Waals surface area contributed by atoms with Gasteiger partial charge in [0.1, 0.15) is 23.7 Å². The summed E-state index contributed by atoms with van der Waals surface area (Å²) in [4.78, 5) is 15.3. The Morgan fingerprint density at radius 1 is 0.969 bits per heavy atom. The van der Waals surface area contributed by atoms with Crippen LogP contribution in [0, 0.1) is 0 Å². The third-order valence-corrected chi connectivity index (χ3v) is 5.61. The van der Waals surface area contributed by atoms with E-state index < -0.39 is 0 Å². The number of benzene rings is 3. The molecule has 5 heteroatoms. The zero-order valence-electron chi connectivity index (χ0n) is 18.7. The van der Waals surface area contributed by atoms with Crippen LogP contribution in [-0.2, 0) is 13.0 Å². The van der Waals surface area contributed by atoms with Gasteiger partial charge in [-0.3, -0.25) is 4.79 Å². The van der Waals surface area contributed by atoms with E-state index in [4.69, 9.17) is 21.1 Å². The van der Waals surface area contributed by atoms with Gasteiger partial charge in [-0.25, -0.2) is 0 Å². The number of ether oxygens (including phenoxy) is 2. The number of nitrogens with zero attached hydrogens (tertiary/aromatic N) is 1. The van der Waals surface area contributed by atoms with Gasteiger partial charge in [0.25, 0.3) is 5.91 Å². The number of carbonyl (C=O) groups excluding carboxylic acids is 1. The Morgan fingerprint density at radius 2 is 1.66 bits per heavy atom. The molecule has 0 radical (unpaired) electrons. The van der Waals surface area contributed by atoms with Crippen molar-refractivity contribution in [2.24, 2.45) is 0 Å².